The van der Waals surface area contributed by atoms with Crippen molar-refractivity contribution < 1.29 is 9.18 Å². The summed E-state index contributed by atoms with van der Waals surface area (Å²) >= 11 is 0. The van der Waals surface area contributed by atoms with Crippen molar-refractivity contribution >= 4 is 11.4 Å². The molecule has 0 atom stereocenters. The number of Topliss-reactive ketones (excluding diaryl/α,β-unsaturated/α-hetero) is 1. The predicted molar refractivity (Wildman–Crippen MR) is 55.5 cm³/mol. The topological polar surface area (TPSA) is 17.1 Å². The number of carbonyl (C=O) groups is 1. The molecule has 14 heavy (non-hydrogen) atoms. The molecule has 1 rings (SSSR count). The number of ketones is 1. The van der Waals surface area contributed by atoms with Crippen LogP contribution in [0, 0.1) is 5.82 Å². The van der Waals surface area contributed by atoms with Crippen LogP contribution in [-0.4, -0.2) is 5.78 Å². The predicted octanol–water partition coefficient (Wildman–Crippen LogP) is 2.99. The van der Waals surface area contributed by atoms with Crippen molar-refractivity contribution in [1.29, 1.82) is 0 Å². The minimum Gasteiger partial charge on any atom is -0.300 e. The van der Waals surface area contributed by atoms with Crippen LogP contribution in [-0.2, 0) is 11.2 Å². The Labute approximate surface area is 83.3 Å². The van der Waals surface area contributed by atoms with Gasteiger partial charge in [0.05, 0.1) is 0 Å². The molecule has 0 unspecified atom stereocenters. The lowest BCUT2D eigenvalue weighted by atomic mass is 10.0. The molecule has 0 amide bonds. The van der Waals surface area contributed by atoms with Gasteiger partial charge in [-0.1, -0.05) is 18.7 Å². The Balaban J connectivity index is 3.00. The third-order valence-electron chi connectivity index (χ3n) is 1.95. The maximum Gasteiger partial charge on any atom is 0.134 e. The first-order valence-electron chi connectivity index (χ1n) is 4.44. The van der Waals surface area contributed by atoms with Gasteiger partial charge in [-0.05, 0) is 31.1 Å². The Kier molecular flexibility index (Phi) is 3.18. The summed E-state index contributed by atoms with van der Waals surface area (Å²) in [5, 5.41) is 0. The van der Waals surface area contributed by atoms with Gasteiger partial charge in [0.2, 0.25) is 0 Å². The minimum absolute atomic E-state index is 0.0347. The van der Waals surface area contributed by atoms with E-state index in [1.807, 2.05) is 0 Å². The summed E-state index contributed by atoms with van der Waals surface area (Å²) in [6, 6.07) is 4.82. The van der Waals surface area contributed by atoms with E-state index >= 15 is 0 Å². The molecule has 0 aliphatic carbocycles. The molecule has 0 N–H and O–H groups in total. The molecule has 74 valence electrons. The van der Waals surface area contributed by atoms with Crippen LogP contribution in [0.2, 0.25) is 0 Å². The molecular weight excluding hydrogens is 179 g/mol. The summed E-state index contributed by atoms with van der Waals surface area (Å²) in [6.45, 7) is 6.91. The van der Waals surface area contributed by atoms with E-state index in [9.17, 15) is 9.18 Å². The average Bonchev–Trinajstić information content (AvgIpc) is 2.01. The van der Waals surface area contributed by atoms with Crippen LogP contribution in [0.25, 0.3) is 5.57 Å². The second kappa shape index (κ2) is 4.18. The molecule has 0 saturated heterocycles. The highest BCUT2D eigenvalue weighted by Crippen LogP contribution is 2.17. The molecule has 0 heterocycles. The lowest BCUT2D eigenvalue weighted by molar-refractivity contribution is -0.116. The Hall–Kier alpha value is -1.44. The molecule has 0 aromatic heterocycles. The number of hydrogen-bond donors (Lipinski definition) is 0. The molecule has 0 bridgehead atoms. The van der Waals surface area contributed by atoms with Crippen molar-refractivity contribution in [3.63, 3.8) is 0 Å². The fourth-order valence-corrected chi connectivity index (χ4v) is 1.30. The molecule has 0 spiro atoms. The molecule has 0 radical (unpaired) electrons. The van der Waals surface area contributed by atoms with Crippen LogP contribution in [0.15, 0.2) is 24.8 Å². The van der Waals surface area contributed by atoms with Gasteiger partial charge in [0.1, 0.15) is 11.6 Å². The van der Waals surface area contributed by atoms with Gasteiger partial charge < -0.3 is 0 Å². The SMILES string of the molecule is C=C(C)c1ccc(CC(C)=O)cc1F. The number of rotatable bonds is 3. The molecule has 2 heteroatoms. The van der Waals surface area contributed by atoms with Crippen molar-refractivity contribution in [3.05, 3.63) is 41.7 Å². The smallest absolute Gasteiger partial charge is 0.134 e. The first-order chi connectivity index (χ1) is 6.50. The van der Waals surface area contributed by atoms with E-state index in [2.05, 4.69) is 6.58 Å². The van der Waals surface area contributed by atoms with E-state index in [0.717, 1.165) is 0 Å². The second-order valence-electron chi connectivity index (χ2n) is 3.47. The molecule has 1 nitrogen and oxygen atoms in total. The molecule has 1 aromatic carbocycles. The van der Waals surface area contributed by atoms with Crippen molar-refractivity contribution in [2.75, 3.05) is 0 Å². The van der Waals surface area contributed by atoms with E-state index < -0.39 is 0 Å². The zero-order valence-corrected chi connectivity index (χ0v) is 8.43. The van der Waals surface area contributed by atoms with E-state index in [1.165, 1.54) is 13.0 Å². The number of allylic oxidation sites excluding steroid dienone is 1. The second-order valence-corrected chi connectivity index (χ2v) is 3.47. The van der Waals surface area contributed by atoms with E-state index in [0.29, 0.717) is 16.7 Å². The minimum atomic E-state index is -0.309. The van der Waals surface area contributed by atoms with E-state index in [4.69, 9.17) is 0 Å². The fourth-order valence-electron chi connectivity index (χ4n) is 1.30. The summed E-state index contributed by atoms with van der Waals surface area (Å²) in [7, 11) is 0. The van der Waals surface area contributed by atoms with Gasteiger partial charge >= 0.3 is 0 Å². The van der Waals surface area contributed by atoms with Crippen molar-refractivity contribution in [2.24, 2.45) is 0 Å². The van der Waals surface area contributed by atoms with Gasteiger partial charge in [0, 0.05) is 12.0 Å². The zero-order chi connectivity index (χ0) is 10.7. The fraction of sp³-hybridized carbons (Fsp3) is 0.250. The molecule has 1 aromatic rings. The number of carbonyl (C=O) groups excluding carboxylic acids is 1. The lowest BCUT2D eigenvalue weighted by Crippen LogP contribution is -1.97. The summed E-state index contributed by atoms with van der Waals surface area (Å²) in [5.41, 5.74) is 1.91. The Morgan fingerprint density at radius 2 is 2.07 bits per heavy atom. The third kappa shape index (κ3) is 2.52. The molecule has 0 fully saturated rings. The highest BCUT2D eigenvalue weighted by atomic mass is 19.1. The monoisotopic (exact) mass is 192 g/mol. The van der Waals surface area contributed by atoms with Gasteiger partial charge in [-0.3, -0.25) is 4.79 Å². The summed E-state index contributed by atoms with van der Waals surface area (Å²) in [4.78, 5) is 10.8. The number of hydrogen-bond acceptors (Lipinski definition) is 1. The van der Waals surface area contributed by atoms with Gasteiger partial charge in [-0.15, -0.1) is 0 Å². The molecule has 0 aliphatic heterocycles. The first-order valence-corrected chi connectivity index (χ1v) is 4.44. The van der Waals surface area contributed by atoms with Crippen molar-refractivity contribution in [3.8, 4) is 0 Å². The third-order valence-corrected chi connectivity index (χ3v) is 1.95. The number of benzene rings is 1. The Bertz CT molecular complexity index is 380. The first kappa shape index (κ1) is 10.6. The van der Waals surface area contributed by atoms with Gasteiger partial charge in [0.25, 0.3) is 0 Å². The molecule has 0 aliphatic rings. The highest BCUT2D eigenvalue weighted by Gasteiger charge is 2.05. The van der Waals surface area contributed by atoms with Crippen LogP contribution in [0.4, 0.5) is 4.39 Å². The van der Waals surface area contributed by atoms with Crippen LogP contribution >= 0.6 is 0 Å². The lowest BCUT2D eigenvalue weighted by Gasteiger charge is -2.04. The van der Waals surface area contributed by atoms with Crippen LogP contribution < -0.4 is 0 Å². The van der Waals surface area contributed by atoms with Crippen molar-refractivity contribution in [1.82, 2.24) is 0 Å². The summed E-state index contributed by atoms with van der Waals surface area (Å²) < 4.78 is 13.4. The standard InChI is InChI=1S/C12H13FO/c1-8(2)11-5-4-10(6-9(3)14)7-12(11)13/h4-5,7H,1,6H2,2-3H3. The van der Waals surface area contributed by atoms with E-state index in [1.54, 1.807) is 19.1 Å². The normalized spacial score (nSPS) is 9.93. The maximum absolute atomic E-state index is 13.4. The molecule has 0 saturated carbocycles. The molecular formula is C12H13FO. The van der Waals surface area contributed by atoms with Crippen LogP contribution in [0.3, 0.4) is 0 Å². The Morgan fingerprint density at radius 3 is 2.50 bits per heavy atom. The van der Waals surface area contributed by atoms with Gasteiger partial charge in [-0.2, -0.15) is 0 Å². The average molecular weight is 192 g/mol. The summed E-state index contributed by atoms with van der Waals surface area (Å²) in [5.74, 6) is -0.274. The highest BCUT2D eigenvalue weighted by molar-refractivity contribution is 5.78. The quantitative estimate of drug-likeness (QED) is 0.719. The van der Waals surface area contributed by atoms with Gasteiger partial charge in [0.15, 0.2) is 0 Å². The number of halogens is 1. The van der Waals surface area contributed by atoms with E-state index in [-0.39, 0.29) is 18.0 Å². The van der Waals surface area contributed by atoms with Crippen LogP contribution in [0.1, 0.15) is 25.0 Å². The largest absolute Gasteiger partial charge is 0.300 e. The Morgan fingerprint density at radius 1 is 1.43 bits per heavy atom. The zero-order valence-electron chi connectivity index (χ0n) is 8.43. The van der Waals surface area contributed by atoms with Crippen molar-refractivity contribution in [2.45, 2.75) is 20.3 Å². The van der Waals surface area contributed by atoms with Gasteiger partial charge in [-0.25, -0.2) is 4.39 Å². The van der Waals surface area contributed by atoms with Crippen LogP contribution in [0.5, 0.6) is 0 Å². The summed E-state index contributed by atoms with van der Waals surface area (Å²) in [6.07, 6.45) is 0.285. The maximum atomic E-state index is 13.4.